The Morgan fingerprint density at radius 2 is 1.77 bits per heavy atom. The van der Waals surface area contributed by atoms with Crippen LogP contribution < -0.4 is 10.0 Å². The molecule has 7 nitrogen and oxygen atoms in total. The number of carbonyl (C=O) groups excluding carboxylic acids is 1. The summed E-state index contributed by atoms with van der Waals surface area (Å²) in [6.07, 6.45) is 3.52. The molecule has 1 unspecified atom stereocenters. The Morgan fingerprint density at radius 1 is 1.15 bits per heavy atom. The van der Waals surface area contributed by atoms with Gasteiger partial charge in [0.25, 0.3) is 0 Å². The van der Waals surface area contributed by atoms with Crippen molar-refractivity contribution in [1.29, 1.82) is 0 Å². The van der Waals surface area contributed by atoms with Gasteiger partial charge in [-0.25, -0.2) is 17.9 Å². The number of carboxylic acids is 1. The average molecular weight is 382 g/mol. The lowest BCUT2D eigenvalue weighted by molar-refractivity contribution is -0.141. The van der Waals surface area contributed by atoms with Gasteiger partial charge < -0.3 is 10.4 Å². The summed E-state index contributed by atoms with van der Waals surface area (Å²) in [4.78, 5) is 23.4. The van der Waals surface area contributed by atoms with Crippen LogP contribution in [0.5, 0.6) is 0 Å². The average Bonchev–Trinajstić information content (AvgIpc) is 2.56. The Bertz CT molecular complexity index is 712. The topological polar surface area (TPSA) is 113 Å². The van der Waals surface area contributed by atoms with Crippen molar-refractivity contribution < 1.29 is 23.1 Å². The van der Waals surface area contributed by atoms with E-state index in [1.807, 2.05) is 6.07 Å². The molecular weight excluding hydrogens is 356 g/mol. The second-order valence-corrected chi connectivity index (χ2v) is 8.74. The summed E-state index contributed by atoms with van der Waals surface area (Å²) in [6, 6.07) is 7.54. The summed E-state index contributed by atoms with van der Waals surface area (Å²) in [7, 11) is -3.80. The Balaban J connectivity index is 1.89. The number of carbonyl (C=O) groups is 2. The molecule has 1 atom stereocenters. The summed E-state index contributed by atoms with van der Waals surface area (Å²) < 4.78 is 26.9. The summed E-state index contributed by atoms with van der Waals surface area (Å²) in [5.74, 6) is -2.19. The molecule has 3 N–H and O–H groups in total. The fourth-order valence-electron chi connectivity index (χ4n) is 3.13. The molecule has 1 aliphatic carbocycles. The lowest BCUT2D eigenvalue weighted by Crippen LogP contribution is -2.47. The number of aliphatic carboxylic acids is 1. The van der Waals surface area contributed by atoms with Crippen molar-refractivity contribution in [2.45, 2.75) is 51.1 Å². The fraction of sp³-hybridized carbons (Fsp3) is 0.556. The predicted molar refractivity (Wildman–Crippen MR) is 98.1 cm³/mol. The number of rotatable bonds is 8. The first-order valence-corrected chi connectivity index (χ1v) is 10.5. The maximum absolute atomic E-state index is 12.2. The van der Waals surface area contributed by atoms with Crippen LogP contribution in [0.4, 0.5) is 0 Å². The molecule has 2 rings (SSSR count). The zero-order valence-corrected chi connectivity index (χ0v) is 15.7. The lowest BCUT2D eigenvalue weighted by atomic mass is 9.88. The SMILES string of the molecule is CC1CCC(NS(=O)(=O)CC(=O)NC(Cc2ccccc2)C(=O)O)CC1. The smallest absolute Gasteiger partial charge is 0.326 e. The number of sulfonamides is 1. The van der Waals surface area contributed by atoms with Crippen LogP contribution in [0, 0.1) is 5.92 Å². The minimum Gasteiger partial charge on any atom is -0.480 e. The van der Waals surface area contributed by atoms with Crippen LogP contribution in [0.15, 0.2) is 30.3 Å². The van der Waals surface area contributed by atoms with Crippen molar-refractivity contribution in [3.63, 3.8) is 0 Å². The summed E-state index contributed by atoms with van der Waals surface area (Å²) in [5.41, 5.74) is 0.748. The molecule has 8 heteroatoms. The van der Waals surface area contributed by atoms with E-state index in [0.29, 0.717) is 5.92 Å². The highest BCUT2D eigenvalue weighted by Crippen LogP contribution is 2.23. The summed E-state index contributed by atoms with van der Waals surface area (Å²) in [6.45, 7) is 2.14. The van der Waals surface area contributed by atoms with Crippen LogP contribution in [0.1, 0.15) is 38.2 Å². The highest BCUT2D eigenvalue weighted by Gasteiger charge is 2.27. The number of amides is 1. The van der Waals surface area contributed by atoms with Crippen LogP contribution in [0.25, 0.3) is 0 Å². The molecule has 26 heavy (non-hydrogen) atoms. The summed E-state index contributed by atoms with van der Waals surface area (Å²) >= 11 is 0. The van der Waals surface area contributed by atoms with Crippen molar-refractivity contribution >= 4 is 21.9 Å². The van der Waals surface area contributed by atoms with Gasteiger partial charge in [-0.2, -0.15) is 0 Å². The number of carboxylic acid groups (broad SMARTS) is 1. The monoisotopic (exact) mass is 382 g/mol. The zero-order chi connectivity index (χ0) is 19.2. The first-order chi connectivity index (χ1) is 12.2. The standard InChI is InChI=1S/C18H26N2O5S/c1-13-7-9-15(10-8-13)20-26(24,25)12-17(21)19-16(18(22)23)11-14-5-3-2-4-6-14/h2-6,13,15-16,20H,7-12H2,1H3,(H,19,21)(H,22,23). The van der Waals surface area contributed by atoms with E-state index in [-0.39, 0.29) is 12.5 Å². The van der Waals surface area contributed by atoms with E-state index in [1.165, 1.54) is 0 Å². The van der Waals surface area contributed by atoms with E-state index in [2.05, 4.69) is 17.0 Å². The van der Waals surface area contributed by atoms with Gasteiger partial charge in [-0.3, -0.25) is 4.79 Å². The van der Waals surface area contributed by atoms with Crippen LogP contribution in [0.2, 0.25) is 0 Å². The van der Waals surface area contributed by atoms with Gasteiger partial charge in [0.15, 0.2) is 0 Å². The number of nitrogens with one attached hydrogen (secondary N) is 2. The molecule has 1 aliphatic rings. The molecule has 0 spiro atoms. The van der Waals surface area contributed by atoms with Gasteiger partial charge in [0.05, 0.1) is 0 Å². The number of benzene rings is 1. The second kappa shape index (κ2) is 9.14. The molecule has 0 aromatic heterocycles. The van der Waals surface area contributed by atoms with E-state index in [4.69, 9.17) is 0 Å². The molecule has 1 aromatic carbocycles. The first kappa shape index (κ1) is 20.4. The normalized spacial score (nSPS) is 21.7. The Kier molecular flexibility index (Phi) is 7.16. The Morgan fingerprint density at radius 3 is 2.35 bits per heavy atom. The van der Waals surface area contributed by atoms with E-state index in [1.54, 1.807) is 24.3 Å². The van der Waals surface area contributed by atoms with E-state index in [9.17, 15) is 23.1 Å². The molecule has 0 bridgehead atoms. The molecule has 0 aliphatic heterocycles. The van der Waals surface area contributed by atoms with E-state index >= 15 is 0 Å². The second-order valence-electron chi connectivity index (χ2n) is 6.98. The molecule has 1 fully saturated rings. The largest absolute Gasteiger partial charge is 0.480 e. The molecule has 0 saturated heterocycles. The molecular formula is C18H26N2O5S. The highest BCUT2D eigenvalue weighted by molar-refractivity contribution is 7.90. The van der Waals surface area contributed by atoms with Crippen molar-refractivity contribution in [1.82, 2.24) is 10.0 Å². The minimum atomic E-state index is -3.80. The minimum absolute atomic E-state index is 0.0932. The van der Waals surface area contributed by atoms with Crippen LogP contribution in [-0.4, -0.2) is 43.2 Å². The maximum Gasteiger partial charge on any atom is 0.326 e. The quantitative estimate of drug-likeness (QED) is 0.627. The third kappa shape index (κ3) is 6.76. The van der Waals surface area contributed by atoms with Gasteiger partial charge in [0, 0.05) is 12.5 Å². The number of hydrogen-bond acceptors (Lipinski definition) is 4. The predicted octanol–water partition coefficient (Wildman–Crippen LogP) is 1.30. The third-order valence-corrected chi connectivity index (χ3v) is 5.93. The molecule has 0 radical (unpaired) electrons. The van der Waals surface area contributed by atoms with Crippen molar-refractivity contribution in [2.75, 3.05) is 5.75 Å². The van der Waals surface area contributed by atoms with Gasteiger partial charge in [0.2, 0.25) is 15.9 Å². The van der Waals surface area contributed by atoms with E-state index < -0.39 is 33.7 Å². The molecule has 144 valence electrons. The van der Waals surface area contributed by atoms with Crippen LogP contribution in [0.3, 0.4) is 0 Å². The first-order valence-electron chi connectivity index (χ1n) is 8.81. The van der Waals surface area contributed by atoms with Gasteiger partial charge >= 0.3 is 5.97 Å². The van der Waals surface area contributed by atoms with Crippen LogP contribution >= 0.6 is 0 Å². The van der Waals surface area contributed by atoms with Gasteiger partial charge in [-0.05, 0) is 37.2 Å². The molecule has 1 aromatic rings. The maximum atomic E-state index is 12.2. The van der Waals surface area contributed by atoms with Crippen molar-refractivity contribution in [3.05, 3.63) is 35.9 Å². The molecule has 0 heterocycles. The third-order valence-electron chi connectivity index (χ3n) is 4.60. The Hall–Kier alpha value is -1.93. The van der Waals surface area contributed by atoms with E-state index in [0.717, 1.165) is 31.2 Å². The van der Waals surface area contributed by atoms with Gasteiger partial charge in [-0.1, -0.05) is 37.3 Å². The van der Waals surface area contributed by atoms with Crippen LogP contribution in [-0.2, 0) is 26.0 Å². The fourth-order valence-corrected chi connectivity index (χ4v) is 4.39. The van der Waals surface area contributed by atoms with Gasteiger partial charge in [-0.15, -0.1) is 0 Å². The summed E-state index contributed by atoms with van der Waals surface area (Å²) in [5, 5.41) is 11.6. The zero-order valence-electron chi connectivity index (χ0n) is 14.8. The van der Waals surface area contributed by atoms with Crippen molar-refractivity contribution in [2.24, 2.45) is 5.92 Å². The highest BCUT2D eigenvalue weighted by atomic mass is 32.2. The number of hydrogen-bond donors (Lipinski definition) is 3. The molecule has 1 amide bonds. The lowest BCUT2D eigenvalue weighted by Gasteiger charge is -2.26. The Labute approximate surface area is 154 Å². The van der Waals surface area contributed by atoms with Gasteiger partial charge in [0.1, 0.15) is 11.8 Å². The molecule has 1 saturated carbocycles. The van der Waals surface area contributed by atoms with Crippen molar-refractivity contribution in [3.8, 4) is 0 Å².